The minimum absolute atomic E-state index is 0.175. The maximum absolute atomic E-state index is 11.9. The molecular weight excluding hydrogens is 290 g/mol. The Labute approximate surface area is 137 Å². The number of aryl methyl sites for hydroxylation is 1. The molecule has 0 aromatic heterocycles. The van der Waals surface area contributed by atoms with Crippen molar-refractivity contribution in [3.63, 3.8) is 0 Å². The molecule has 23 heavy (non-hydrogen) atoms. The second kappa shape index (κ2) is 7.16. The maximum Gasteiger partial charge on any atom is 0.306 e. The van der Waals surface area contributed by atoms with Crippen molar-refractivity contribution in [2.45, 2.75) is 45.6 Å². The van der Waals surface area contributed by atoms with Crippen molar-refractivity contribution in [1.82, 2.24) is 5.32 Å². The van der Waals surface area contributed by atoms with E-state index in [1.165, 1.54) is 25.7 Å². The number of carbonyl (C=O) groups is 2. The van der Waals surface area contributed by atoms with E-state index in [-0.39, 0.29) is 18.5 Å². The first-order chi connectivity index (χ1) is 11.1. The van der Waals surface area contributed by atoms with Crippen LogP contribution in [0.15, 0.2) is 24.3 Å². The van der Waals surface area contributed by atoms with Crippen molar-refractivity contribution in [3.8, 4) is 0 Å². The van der Waals surface area contributed by atoms with Crippen molar-refractivity contribution in [2.75, 3.05) is 6.61 Å². The van der Waals surface area contributed by atoms with E-state index >= 15 is 0 Å². The fraction of sp³-hybridized carbons (Fsp3) is 0.579. The Balaban J connectivity index is 1.35. The van der Waals surface area contributed by atoms with Crippen LogP contribution < -0.4 is 5.32 Å². The van der Waals surface area contributed by atoms with E-state index in [0.717, 1.165) is 17.0 Å². The van der Waals surface area contributed by atoms with Crippen LogP contribution in [0.2, 0.25) is 0 Å². The van der Waals surface area contributed by atoms with Gasteiger partial charge < -0.3 is 10.1 Å². The Morgan fingerprint density at radius 2 is 2.04 bits per heavy atom. The summed E-state index contributed by atoms with van der Waals surface area (Å²) in [7, 11) is 0. The molecule has 4 heteroatoms. The SMILES string of the molecule is Cc1ccccc1CNC(=O)COC(=O)C[C@H]1C[C@@H]2CC[C@@H]1C2. The van der Waals surface area contributed by atoms with Gasteiger partial charge in [-0.1, -0.05) is 30.7 Å². The smallest absolute Gasteiger partial charge is 0.306 e. The predicted octanol–water partition coefficient (Wildman–Crippen LogP) is 2.98. The first-order valence-corrected chi connectivity index (χ1v) is 8.58. The van der Waals surface area contributed by atoms with Crippen molar-refractivity contribution in [3.05, 3.63) is 35.4 Å². The van der Waals surface area contributed by atoms with Crippen LogP contribution >= 0.6 is 0 Å². The van der Waals surface area contributed by atoms with Gasteiger partial charge >= 0.3 is 5.97 Å². The molecular formula is C19H25NO3. The average Bonchev–Trinajstić information content (AvgIpc) is 3.15. The molecule has 1 N–H and O–H groups in total. The monoisotopic (exact) mass is 315 g/mol. The summed E-state index contributed by atoms with van der Waals surface area (Å²) in [5, 5.41) is 2.80. The summed E-state index contributed by atoms with van der Waals surface area (Å²) in [6.45, 7) is 2.30. The summed E-state index contributed by atoms with van der Waals surface area (Å²) in [6.07, 6.45) is 5.53. The molecule has 0 spiro atoms. The van der Waals surface area contributed by atoms with Crippen LogP contribution in [0.5, 0.6) is 0 Å². The quantitative estimate of drug-likeness (QED) is 0.821. The van der Waals surface area contributed by atoms with E-state index in [1.807, 2.05) is 31.2 Å². The first-order valence-electron chi connectivity index (χ1n) is 8.58. The lowest BCUT2D eigenvalue weighted by molar-refractivity contribution is -0.149. The molecule has 2 bridgehead atoms. The maximum atomic E-state index is 11.9. The summed E-state index contributed by atoms with van der Waals surface area (Å²) in [6, 6.07) is 7.91. The molecule has 2 aliphatic rings. The van der Waals surface area contributed by atoms with Crippen LogP contribution in [0.1, 0.15) is 43.2 Å². The van der Waals surface area contributed by atoms with Gasteiger partial charge in [-0.15, -0.1) is 0 Å². The van der Waals surface area contributed by atoms with Crippen LogP contribution in [0.4, 0.5) is 0 Å². The standard InChI is InChI=1S/C19H25NO3/c1-13-4-2-3-5-16(13)11-20-18(21)12-23-19(22)10-17-9-14-6-7-15(17)8-14/h2-5,14-15,17H,6-12H2,1H3,(H,20,21)/t14-,15-,17-/m1/s1. The number of ether oxygens (including phenoxy) is 1. The van der Waals surface area contributed by atoms with Gasteiger partial charge in [0, 0.05) is 13.0 Å². The summed E-state index contributed by atoms with van der Waals surface area (Å²) in [5.74, 6) is 1.55. The Kier molecular flexibility index (Phi) is 4.99. The van der Waals surface area contributed by atoms with Gasteiger partial charge in [0.1, 0.15) is 0 Å². The second-order valence-electron chi connectivity index (χ2n) is 7.00. The van der Waals surface area contributed by atoms with Crippen LogP contribution in [0.25, 0.3) is 0 Å². The summed E-state index contributed by atoms with van der Waals surface area (Å²) in [4.78, 5) is 23.7. The van der Waals surface area contributed by atoms with Crippen molar-refractivity contribution >= 4 is 11.9 Å². The third kappa shape index (κ3) is 4.12. The molecule has 2 saturated carbocycles. The van der Waals surface area contributed by atoms with E-state index in [0.29, 0.717) is 24.8 Å². The minimum Gasteiger partial charge on any atom is -0.456 e. The van der Waals surface area contributed by atoms with Gasteiger partial charge in [0.2, 0.25) is 0 Å². The molecule has 124 valence electrons. The molecule has 4 nitrogen and oxygen atoms in total. The van der Waals surface area contributed by atoms with Crippen LogP contribution in [-0.4, -0.2) is 18.5 Å². The predicted molar refractivity (Wildman–Crippen MR) is 87.5 cm³/mol. The van der Waals surface area contributed by atoms with Crippen LogP contribution in [-0.2, 0) is 20.9 Å². The number of benzene rings is 1. The normalized spacial score (nSPS) is 25.3. The Morgan fingerprint density at radius 3 is 2.74 bits per heavy atom. The lowest BCUT2D eigenvalue weighted by Gasteiger charge is -2.20. The van der Waals surface area contributed by atoms with Gasteiger partial charge in [0.25, 0.3) is 5.91 Å². The molecule has 0 heterocycles. The topological polar surface area (TPSA) is 55.4 Å². The molecule has 1 aromatic rings. The molecule has 0 aliphatic heterocycles. The number of amides is 1. The van der Waals surface area contributed by atoms with Crippen molar-refractivity contribution < 1.29 is 14.3 Å². The number of carbonyl (C=O) groups excluding carboxylic acids is 2. The van der Waals surface area contributed by atoms with Crippen molar-refractivity contribution in [2.24, 2.45) is 17.8 Å². The molecule has 1 amide bonds. The molecule has 1 aromatic carbocycles. The van der Waals surface area contributed by atoms with E-state index in [4.69, 9.17) is 4.74 Å². The molecule has 0 radical (unpaired) electrons. The zero-order valence-corrected chi connectivity index (χ0v) is 13.7. The van der Waals surface area contributed by atoms with E-state index in [9.17, 15) is 9.59 Å². The number of rotatable bonds is 6. The Hall–Kier alpha value is -1.84. The third-order valence-corrected chi connectivity index (χ3v) is 5.41. The fourth-order valence-electron chi connectivity index (χ4n) is 4.10. The average molecular weight is 315 g/mol. The first kappa shape index (κ1) is 16.0. The summed E-state index contributed by atoms with van der Waals surface area (Å²) >= 11 is 0. The van der Waals surface area contributed by atoms with E-state index < -0.39 is 0 Å². The van der Waals surface area contributed by atoms with Gasteiger partial charge in [0.05, 0.1) is 0 Å². The lowest BCUT2D eigenvalue weighted by Crippen LogP contribution is -2.29. The molecule has 0 saturated heterocycles. The molecule has 0 unspecified atom stereocenters. The number of nitrogens with one attached hydrogen (secondary N) is 1. The van der Waals surface area contributed by atoms with Gasteiger partial charge in [-0.3, -0.25) is 9.59 Å². The highest BCUT2D eigenvalue weighted by Gasteiger charge is 2.40. The highest BCUT2D eigenvalue weighted by molar-refractivity contribution is 5.80. The fourth-order valence-corrected chi connectivity index (χ4v) is 4.10. The highest BCUT2D eigenvalue weighted by Crippen LogP contribution is 2.49. The highest BCUT2D eigenvalue weighted by atomic mass is 16.5. The Morgan fingerprint density at radius 1 is 1.22 bits per heavy atom. The van der Waals surface area contributed by atoms with Gasteiger partial charge in [-0.25, -0.2) is 0 Å². The van der Waals surface area contributed by atoms with Crippen molar-refractivity contribution in [1.29, 1.82) is 0 Å². The number of esters is 1. The van der Waals surface area contributed by atoms with Gasteiger partial charge in [0.15, 0.2) is 6.61 Å². The second-order valence-corrected chi connectivity index (χ2v) is 7.00. The molecule has 2 aliphatic carbocycles. The van der Waals surface area contributed by atoms with E-state index in [2.05, 4.69) is 5.32 Å². The van der Waals surface area contributed by atoms with Crippen LogP contribution in [0.3, 0.4) is 0 Å². The van der Waals surface area contributed by atoms with E-state index in [1.54, 1.807) is 0 Å². The molecule has 3 rings (SSSR count). The number of hydrogen-bond donors (Lipinski definition) is 1. The number of hydrogen-bond acceptors (Lipinski definition) is 3. The minimum atomic E-state index is -0.241. The lowest BCUT2D eigenvalue weighted by atomic mass is 9.86. The summed E-state index contributed by atoms with van der Waals surface area (Å²) in [5.41, 5.74) is 2.22. The summed E-state index contributed by atoms with van der Waals surface area (Å²) < 4.78 is 5.14. The van der Waals surface area contributed by atoms with Crippen LogP contribution in [0, 0.1) is 24.7 Å². The zero-order chi connectivity index (χ0) is 16.2. The Bertz CT molecular complexity index is 584. The molecule has 3 atom stereocenters. The molecule has 2 fully saturated rings. The number of fused-ring (bicyclic) bond motifs is 2. The van der Waals surface area contributed by atoms with Gasteiger partial charge in [-0.05, 0) is 55.1 Å². The van der Waals surface area contributed by atoms with Gasteiger partial charge in [-0.2, -0.15) is 0 Å². The zero-order valence-electron chi connectivity index (χ0n) is 13.7. The largest absolute Gasteiger partial charge is 0.456 e. The third-order valence-electron chi connectivity index (χ3n) is 5.41.